The van der Waals surface area contributed by atoms with Crippen LogP contribution in [0.3, 0.4) is 0 Å². The van der Waals surface area contributed by atoms with E-state index in [1.54, 1.807) is 11.9 Å². The summed E-state index contributed by atoms with van der Waals surface area (Å²) in [4.78, 5) is 26.1. The number of fused-ring (bicyclic) bond motifs is 1. The second-order valence-electron chi connectivity index (χ2n) is 6.37. The Bertz CT molecular complexity index is 728. The molecule has 136 valence electrons. The average molecular weight is 357 g/mol. The Balaban J connectivity index is 1.97. The molecule has 2 aliphatic rings. The number of carboxylic acid groups (broad SMARTS) is 1. The molecule has 2 aliphatic heterocycles. The van der Waals surface area contributed by atoms with Crippen LogP contribution in [0, 0.1) is 17.6 Å². The second-order valence-corrected chi connectivity index (χ2v) is 6.37. The molecule has 1 amide bonds. The van der Waals surface area contributed by atoms with Gasteiger partial charge in [0.25, 0.3) is 0 Å². The molecule has 0 radical (unpaired) electrons. The summed E-state index contributed by atoms with van der Waals surface area (Å²) in [6.45, 7) is 0.229. The van der Waals surface area contributed by atoms with Crippen LogP contribution in [0.25, 0.3) is 0 Å². The van der Waals surface area contributed by atoms with E-state index >= 15 is 0 Å². The Hall–Kier alpha value is -2.29. The van der Waals surface area contributed by atoms with Gasteiger partial charge in [0.15, 0.2) is 5.82 Å². The van der Waals surface area contributed by atoms with Crippen molar-refractivity contribution >= 4 is 23.3 Å². The summed E-state index contributed by atoms with van der Waals surface area (Å²) >= 11 is 0. The maximum atomic E-state index is 14.9. The lowest BCUT2D eigenvalue weighted by molar-refractivity contribution is -0.145. The minimum Gasteiger partial charge on any atom is -0.481 e. The minimum absolute atomic E-state index is 0.0990. The maximum absolute atomic E-state index is 14.9. The molecular formula is C16H18F3N3O3. The third-order valence-corrected chi connectivity index (χ3v) is 4.83. The van der Waals surface area contributed by atoms with E-state index in [1.807, 2.05) is 0 Å². The standard InChI is InChI=1S/C16H18F3N3O3/c1-21-2-3-22(7-9(21)6-17)14-11(18)5-8-4-10(16(24)25)15(23)20-13(8)12(14)19/h5,9-10H,2-4,6-7H2,1H3,(H,20,23)(H,24,25). The molecule has 0 aromatic heterocycles. The summed E-state index contributed by atoms with van der Waals surface area (Å²) in [5.41, 5.74) is -0.420. The van der Waals surface area contributed by atoms with Crippen molar-refractivity contribution < 1.29 is 27.9 Å². The van der Waals surface area contributed by atoms with Crippen LogP contribution in [0.15, 0.2) is 6.07 Å². The van der Waals surface area contributed by atoms with Crippen LogP contribution in [0.1, 0.15) is 5.56 Å². The first-order chi connectivity index (χ1) is 11.8. The molecule has 2 atom stereocenters. The van der Waals surface area contributed by atoms with Crippen LogP contribution < -0.4 is 10.2 Å². The van der Waals surface area contributed by atoms with E-state index in [0.717, 1.165) is 6.07 Å². The van der Waals surface area contributed by atoms with Crippen molar-refractivity contribution in [2.75, 3.05) is 43.6 Å². The van der Waals surface area contributed by atoms with Gasteiger partial charge >= 0.3 is 5.97 Å². The Kier molecular flexibility index (Phi) is 4.59. The van der Waals surface area contributed by atoms with Gasteiger partial charge in [-0.2, -0.15) is 0 Å². The van der Waals surface area contributed by atoms with Crippen LogP contribution in [-0.2, 0) is 16.0 Å². The van der Waals surface area contributed by atoms with E-state index in [1.165, 1.54) is 4.90 Å². The molecule has 1 aromatic rings. The number of piperazine rings is 1. The molecular weight excluding hydrogens is 339 g/mol. The molecule has 6 nitrogen and oxygen atoms in total. The van der Waals surface area contributed by atoms with Gasteiger partial charge in [0.05, 0.1) is 11.7 Å². The first-order valence-corrected chi connectivity index (χ1v) is 7.89. The summed E-state index contributed by atoms with van der Waals surface area (Å²) in [6, 6.07) is 0.570. The maximum Gasteiger partial charge on any atom is 0.316 e. The zero-order valence-electron chi connectivity index (χ0n) is 13.6. The fourth-order valence-electron chi connectivity index (χ4n) is 3.28. The molecule has 0 saturated carbocycles. The zero-order valence-corrected chi connectivity index (χ0v) is 13.6. The number of carbonyl (C=O) groups is 2. The summed E-state index contributed by atoms with van der Waals surface area (Å²) < 4.78 is 42.5. The lowest BCUT2D eigenvalue weighted by Crippen LogP contribution is -2.53. The number of likely N-dealkylation sites (N-methyl/N-ethyl adjacent to an activating group) is 1. The fourth-order valence-corrected chi connectivity index (χ4v) is 3.28. The Morgan fingerprint density at radius 3 is 2.76 bits per heavy atom. The molecule has 2 unspecified atom stereocenters. The second kappa shape index (κ2) is 6.55. The number of hydrogen-bond donors (Lipinski definition) is 2. The number of hydrogen-bond acceptors (Lipinski definition) is 4. The summed E-state index contributed by atoms with van der Waals surface area (Å²) in [5.74, 6) is -5.36. The molecule has 0 aliphatic carbocycles. The summed E-state index contributed by atoms with van der Waals surface area (Å²) in [5, 5.41) is 11.2. The van der Waals surface area contributed by atoms with E-state index in [4.69, 9.17) is 5.11 Å². The number of nitrogens with one attached hydrogen (secondary N) is 1. The number of anilines is 2. The van der Waals surface area contributed by atoms with Crippen molar-refractivity contribution in [2.45, 2.75) is 12.5 Å². The third kappa shape index (κ3) is 3.04. The van der Waals surface area contributed by atoms with Gasteiger partial charge in [0.2, 0.25) is 5.91 Å². The number of carbonyl (C=O) groups excluding carboxylic acids is 1. The highest BCUT2D eigenvalue weighted by Crippen LogP contribution is 2.37. The van der Waals surface area contributed by atoms with E-state index in [0.29, 0.717) is 13.1 Å². The van der Waals surface area contributed by atoms with E-state index < -0.39 is 42.1 Å². The van der Waals surface area contributed by atoms with Crippen molar-refractivity contribution in [3.63, 3.8) is 0 Å². The van der Waals surface area contributed by atoms with Crippen molar-refractivity contribution in [2.24, 2.45) is 5.92 Å². The van der Waals surface area contributed by atoms with Crippen LogP contribution >= 0.6 is 0 Å². The molecule has 1 aromatic carbocycles. The number of aliphatic carboxylic acids is 1. The van der Waals surface area contributed by atoms with Gasteiger partial charge in [-0.25, -0.2) is 13.2 Å². The lowest BCUT2D eigenvalue weighted by atomic mass is 9.92. The monoisotopic (exact) mass is 357 g/mol. The Morgan fingerprint density at radius 1 is 1.40 bits per heavy atom. The van der Waals surface area contributed by atoms with Gasteiger partial charge in [0, 0.05) is 19.6 Å². The van der Waals surface area contributed by atoms with Crippen LogP contribution in [-0.4, -0.2) is 61.3 Å². The van der Waals surface area contributed by atoms with Crippen LogP contribution in [0.4, 0.5) is 24.5 Å². The number of amides is 1. The predicted molar refractivity (Wildman–Crippen MR) is 84.4 cm³/mol. The average Bonchev–Trinajstić information content (AvgIpc) is 2.56. The van der Waals surface area contributed by atoms with Gasteiger partial charge in [-0.15, -0.1) is 0 Å². The quantitative estimate of drug-likeness (QED) is 0.797. The van der Waals surface area contributed by atoms with Gasteiger partial charge in [-0.1, -0.05) is 0 Å². The van der Waals surface area contributed by atoms with Gasteiger partial charge in [0.1, 0.15) is 24.1 Å². The minimum atomic E-state index is -1.38. The van der Waals surface area contributed by atoms with Crippen LogP contribution in [0.5, 0.6) is 0 Å². The van der Waals surface area contributed by atoms with Gasteiger partial charge in [-0.3, -0.25) is 14.5 Å². The number of nitrogens with zero attached hydrogens (tertiary/aromatic N) is 2. The molecule has 0 spiro atoms. The Morgan fingerprint density at radius 2 is 2.12 bits per heavy atom. The summed E-state index contributed by atoms with van der Waals surface area (Å²) in [7, 11) is 1.74. The number of rotatable bonds is 3. The van der Waals surface area contributed by atoms with Gasteiger partial charge in [-0.05, 0) is 25.1 Å². The Labute approximate surface area is 142 Å². The molecule has 2 N–H and O–H groups in total. The van der Waals surface area contributed by atoms with Crippen LogP contribution in [0.2, 0.25) is 0 Å². The molecule has 25 heavy (non-hydrogen) atoms. The first-order valence-electron chi connectivity index (χ1n) is 7.89. The highest BCUT2D eigenvalue weighted by molar-refractivity contribution is 6.07. The number of benzene rings is 1. The fraction of sp³-hybridized carbons (Fsp3) is 0.500. The SMILES string of the molecule is CN1CCN(c2c(F)cc3c(c2F)NC(=O)C(C(=O)O)C3)CC1CF. The van der Waals surface area contributed by atoms with E-state index in [-0.39, 0.29) is 29.9 Å². The van der Waals surface area contributed by atoms with Crippen molar-refractivity contribution in [1.29, 1.82) is 0 Å². The molecule has 2 heterocycles. The van der Waals surface area contributed by atoms with E-state index in [9.17, 15) is 22.8 Å². The van der Waals surface area contributed by atoms with Crippen molar-refractivity contribution in [3.8, 4) is 0 Å². The summed E-state index contributed by atoms with van der Waals surface area (Å²) in [6.07, 6.45) is -0.277. The number of halogens is 3. The zero-order chi connectivity index (χ0) is 18.3. The third-order valence-electron chi connectivity index (χ3n) is 4.83. The number of carboxylic acids is 1. The van der Waals surface area contributed by atoms with Crippen molar-refractivity contribution in [3.05, 3.63) is 23.3 Å². The topological polar surface area (TPSA) is 72.9 Å². The smallest absolute Gasteiger partial charge is 0.316 e. The highest BCUT2D eigenvalue weighted by Gasteiger charge is 2.36. The van der Waals surface area contributed by atoms with Gasteiger partial charge < -0.3 is 15.3 Å². The normalized spacial score (nSPS) is 24.0. The molecule has 9 heteroatoms. The highest BCUT2D eigenvalue weighted by atomic mass is 19.1. The predicted octanol–water partition coefficient (Wildman–Crippen LogP) is 1.25. The molecule has 3 rings (SSSR count). The van der Waals surface area contributed by atoms with E-state index in [2.05, 4.69) is 5.32 Å². The number of alkyl halides is 1. The molecule has 1 saturated heterocycles. The van der Waals surface area contributed by atoms with Crippen molar-refractivity contribution in [1.82, 2.24) is 4.90 Å². The largest absolute Gasteiger partial charge is 0.481 e. The molecule has 0 bridgehead atoms. The lowest BCUT2D eigenvalue weighted by Gasteiger charge is -2.40. The molecule has 1 fully saturated rings. The first kappa shape index (κ1) is 17.5.